The van der Waals surface area contributed by atoms with Crippen LogP contribution in [0.3, 0.4) is 0 Å². The van der Waals surface area contributed by atoms with Crippen LogP contribution in [0, 0.1) is 0 Å². The van der Waals surface area contributed by atoms with Gasteiger partial charge in [0.2, 0.25) is 10.0 Å². The van der Waals surface area contributed by atoms with Crippen molar-refractivity contribution in [2.75, 3.05) is 19.7 Å². The van der Waals surface area contributed by atoms with Gasteiger partial charge < -0.3 is 14.8 Å². The predicted octanol–water partition coefficient (Wildman–Crippen LogP) is 0.307. The molecule has 6 nitrogen and oxygen atoms in total. The van der Waals surface area contributed by atoms with E-state index >= 15 is 0 Å². The number of aromatic nitrogens is 1. The number of rotatable bonds is 3. The van der Waals surface area contributed by atoms with E-state index in [0.29, 0.717) is 31.8 Å². The number of hydrogen-bond acceptors (Lipinski definition) is 4. The number of aliphatic hydroxyl groups excluding tert-OH is 1. The molecule has 2 rings (SSSR count). The van der Waals surface area contributed by atoms with E-state index in [1.807, 2.05) is 6.92 Å². The topological polar surface area (TPSA) is 82.6 Å². The number of sulfonamides is 1. The fourth-order valence-electron chi connectivity index (χ4n) is 1.98. The highest BCUT2D eigenvalue weighted by Gasteiger charge is 2.28. The van der Waals surface area contributed by atoms with Crippen LogP contribution in [0.2, 0.25) is 0 Å². The first-order chi connectivity index (χ1) is 8.54. The number of nitrogens with one attached hydrogen (secondary N) is 1. The minimum Gasteiger partial charge on any atom is -0.390 e. The van der Waals surface area contributed by atoms with Gasteiger partial charge in [0.1, 0.15) is 0 Å². The minimum absolute atomic E-state index is 0.0986. The molecule has 1 aromatic rings. The Hall–Kier alpha value is -0.890. The molecule has 0 bridgehead atoms. The van der Waals surface area contributed by atoms with Gasteiger partial charge in [0.25, 0.3) is 0 Å². The second kappa shape index (κ2) is 5.40. The van der Waals surface area contributed by atoms with E-state index in [-0.39, 0.29) is 17.6 Å². The van der Waals surface area contributed by atoms with Crippen LogP contribution in [0.25, 0.3) is 0 Å². The summed E-state index contributed by atoms with van der Waals surface area (Å²) in [6.45, 7) is 3.08. The molecule has 0 spiro atoms. The number of aliphatic hydroxyl groups is 1. The molecule has 1 aliphatic heterocycles. The molecule has 2 heterocycles. The summed E-state index contributed by atoms with van der Waals surface area (Å²) in [6, 6.07) is 1.46. The van der Waals surface area contributed by atoms with Crippen LogP contribution in [0.5, 0.6) is 0 Å². The Morgan fingerprint density at radius 3 is 3.06 bits per heavy atom. The van der Waals surface area contributed by atoms with E-state index in [4.69, 9.17) is 9.84 Å². The standard InChI is InChI=1S/C11H18N2O4S/c1-9-7-13(3-2-4-17-9)18(15,16)11-5-10(8-14)12-6-11/h5-6,9,12,14H,2-4,7-8H2,1H3. The summed E-state index contributed by atoms with van der Waals surface area (Å²) in [7, 11) is -3.50. The van der Waals surface area contributed by atoms with Crippen molar-refractivity contribution >= 4 is 10.0 Å². The molecule has 1 saturated heterocycles. The number of hydrogen-bond donors (Lipinski definition) is 2. The first-order valence-electron chi connectivity index (χ1n) is 5.94. The zero-order valence-electron chi connectivity index (χ0n) is 10.3. The summed E-state index contributed by atoms with van der Waals surface area (Å²) in [6.07, 6.45) is 2.01. The third kappa shape index (κ3) is 2.74. The predicted molar refractivity (Wildman–Crippen MR) is 65.5 cm³/mol. The van der Waals surface area contributed by atoms with Crippen molar-refractivity contribution in [3.8, 4) is 0 Å². The lowest BCUT2D eigenvalue weighted by Gasteiger charge is -2.20. The molecule has 0 saturated carbocycles. The van der Waals surface area contributed by atoms with Gasteiger partial charge in [-0.15, -0.1) is 0 Å². The molecule has 1 atom stereocenters. The summed E-state index contributed by atoms with van der Waals surface area (Å²) in [5.41, 5.74) is 0.493. The van der Waals surface area contributed by atoms with Gasteiger partial charge in [-0.2, -0.15) is 4.31 Å². The summed E-state index contributed by atoms with van der Waals surface area (Å²) in [4.78, 5) is 2.94. The molecule has 1 aliphatic rings. The zero-order chi connectivity index (χ0) is 13.2. The van der Waals surface area contributed by atoms with Crippen LogP contribution in [-0.2, 0) is 21.4 Å². The Kier molecular flexibility index (Phi) is 4.06. The highest BCUT2D eigenvalue weighted by Crippen LogP contribution is 2.19. The second-order valence-corrected chi connectivity index (χ2v) is 6.35. The van der Waals surface area contributed by atoms with E-state index in [1.165, 1.54) is 16.6 Å². The van der Waals surface area contributed by atoms with Crippen LogP contribution in [0.1, 0.15) is 19.0 Å². The van der Waals surface area contributed by atoms with Gasteiger partial charge in [-0.1, -0.05) is 0 Å². The van der Waals surface area contributed by atoms with Gasteiger partial charge in [0.05, 0.1) is 17.6 Å². The number of nitrogens with zero attached hydrogens (tertiary/aromatic N) is 1. The van der Waals surface area contributed by atoms with E-state index in [9.17, 15) is 8.42 Å². The third-order valence-corrected chi connectivity index (χ3v) is 4.78. The zero-order valence-corrected chi connectivity index (χ0v) is 11.1. The van der Waals surface area contributed by atoms with Crippen LogP contribution in [0.15, 0.2) is 17.2 Å². The Morgan fingerprint density at radius 2 is 2.39 bits per heavy atom. The fraction of sp³-hybridized carbons (Fsp3) is 0.636. The lowest BCUT2D eigenvalue weighted by molar-refractivity contribution is 0.0752. The number of H-pyrrole nitrogens is 1. The summed E-state index contributed by atoms with van der Waals surface area (Å²) in [5, 5.41) is 8.95. The van der Waals surface area contributed by atoms with E-state index < -0.39 is 10.0 Å². The van der Waals surface area contributed by atoms with Crippen molar-refractivity contribution in [3.63, 3.8) is 0 Å². The molecule has 1 fully saturated rings. The molecule has 0 amide bonds. The summed E-state index contributed by atoms with van der Waals surface area (Å²) < 4.78 is 31.6. The maximum absolute atomic E-state index is 12.4. The molecule has 1 unspecified atom stereocenters. The molecule has 18 heavy (non-hydrogen) atoms. The van der Waals surface area contributed by atoms with Gasteiger partial charge in [0.15, 0.2) is 0 Å². The molecule has 0 radical (unpaired) electrons. The van der Waals surface area contributed by atoms with Crippen molar-refractivity contribution in [1.82, 2.24) is 9.29 Å². The van der Waals surface area contributed by atoms with Crippen molar-refractivity contribution < 1.29 is 18.3 Å². The smallest absolute Gasteiger partial charge is 0.244 e. The molecule has 0 aliphatic carbocycles. The molecule has 2 N–H and O–H groups in total. The maximum atomic E-state index is 12.4. The lowest BCUT2D eigenvalue weighted by Crippen LogP contribution is -2.35. The molecule has 0 aromatic carbocycles. The van der Waals surface area contributed by atoms with Crippen LogP contribution < -0.4 is 0 Å². The van der Waals surface area contributed by atoms with Crippen molar-refractivity contribution in [3.05, 3.63) is 18.0 Å². The van der Waals surface area contributed by atoms with Gasteiger partial charge in [-0.25, -0.2) is 8.42 Å². The van der Waals surface area contributed by atoms with Gasteiger partial charge in [0, 0.05) is 31.6 Å². The van der Waals surface area contributed by atoms with Crippen molar-refractivity contribution in [2.45, 2.75) is 31.0 Å². The van der Waals surface area contributed by atoms with Crippen molar-refractivity contribution in [1.29, 1.82) is 0 Å². The Bertz CT molecular complexity index is 497. The van der Waals surface area contributed by atoms with Gasteiger partial charge in [-0.3, -0.25) is 0 Å². The average Bonchev–Trinajstić information content (AvgIpc) is 2.72. The van der Waals surface area contributed by atoms with E-state index in [0.717, 1.165) is 0 Å². The number of ether oxygens (including phenoxy) is 1. The van der Waals surface area contributed by atoms with Gasteiger partial charge >= 0.3 is 0 Å². The SMILES string of the molecule is CC1CN(S(=O)(=O)c2c[nH]c(CO)c2)CCCO1. The van der Waals surface area contributed by atoms with E-state index in [1.54, 1.807) is 0 Å². The quantitative estimate of drug-likeness (QED) is 0.831. The lowest BCUT2D eigenvalue weighted by atomic mass is 10.4. The molecule has 1 aromatic heterocycles. The Morgan fingerprint density at radius 1 is 1.61 bits per heavy atom. The first-order valence-corrected chi connectivity index (χ1v) is 7.38. The maximum Gasteiger partial charge on any atom is 0.244 e. The number of aromatic amines is 1. The highest BCUT2D eigenvalue weighted by atomic mass is 32.2. The largest absolute Gasteiger partial charge is 0.390 e. The van der Waals surface area contributed by atoms with Crippen molar-refractivity contribution in [2.24, 2.45) is 0 Å². The molecule has 7 heteroatoms. The van der Waals surface area contributed by atoms with Gasteiger partial charge in [-0.05, 0) is 19.4 Å². The van der Waals surface area contributed by atoms with Crippen LogP contribution in [0.4, 0.5) is 0 Å². The van der Waals surface area contributed by atoms with Crippen LogP contribution >= 0.6 is 0 Å². The summed E-state index contributed by atoms with van der Waals surface area (Å²) in [5.74, 6) is 0. The molecular formula is C11H18N2O4S. The first kappa shape index (κ1) is 13.5. The summed E-state index contributed by atoms with van der Waals surface area (Å²) >= 11 is 0. The Labute approximate surface area is 107 Å². The second-order valence-electron chi connectivity index (χ2n) is 4.42. The molecular weight excluding hydrogens is 256 g/mol. The minimum atomic E-state index is -3.50. The van der Waals surface area contributed by atoms with Crippen LogP contribution in [-0.4, -0.2) is 48.6 Å². The molecule has 102 valence electrons. The van der Waals surface area contributed by atoms with E-state index in [2.05, 4.69) is 4.98 Å². The highest BCUT2D eigenvalue weighted by molar-refractivity contribution is 7.89. The fourth-order valence-corrected chi connectivity index (χ4v) is 3.56. The average molecular weight is 274 g/mol. The normalized spacial score (nSPS) is 22.9. The Balaban J connectivity index is 2.23. The monoisotopic (exact) mass is 274 g/mol. The third-order valence-electron chi connectivity index (χ3n) is 2.94.